The maximum absolute atomic E-state index is 10.9. The van der Waals surface area contributed by atoms with E-state index in [4.69, 9.17) is 27.9 Å². The van der Waals surface area contributed by atoms with Crippen molar-refractivity contribution in [3.05, 3.63) is 60.7 Å². The van der Waals surface area contributed by atoms with Crippen LogP contribution in [0.5, 0.6) is 11.6 Å². The number of nitro benzene ring substituents is 1. The van der Waals surface area contributed by atoms with E-state index in [1.54, 1.807) is 0 Å². The van der Waals surface area contributed by atoms with Crippen LogP contribution in [0.3, 0.4) is 0 Å². The first-order chi connectivity index (χ1) is 9.90. The summed E-state index contributed by atoms with van der Waals surface area (Å²) in [6.07, 6.45) is 0. The van der Waals surface area contributed by atoms with Gasteiger partial charge in [-0.2, -0.15) is 4.98 Å². The van der Waals surface area contributed by atoms with Crippen LogP contribution in [-0.2, 0) is 0 Å². The average Bonchev–Trinajstić information content (AvgIpc) is 2.40. The molecule has 108 valence electrons. The number of ether oxygens (including phenoxy) is 1. The lowest BCUT2D eigenvalue weighted by molar-refractivity contribution is -0.387. The summed E-state index contributed by atoms with van der Waals surface area (Å²) in [5.74, 6) is -0.828. The summed E-state index contributed by atoms with van der Waals surface area (Å²) in [6.45, 7) is 0. The maximum Gasteiger partial charge on any atom is 0.331 e. The van der Waals surface area contributed by atoms with Crippen LogP contribution in [0.4, 0.5) is 11.4 Å². The molecule has 0 saturated carbocycles. The highest BCUT2D eigenvalue weighted by Gasteiger charge is 2.24. The van der Waals surface area contributed by atoms with Gasteiger partial charge in [-0.15, -0.1) is 0 Å². The molecular formula is C11H5Cl2N3O5. The van der Waals surface area contributed by atoms with Gasteiger partial charge in [-0.25, -0.2) is 0 Å². The van der Waals surface area contributed by atoms with Gasteiger partial charge in [0.15, 0.2) is 0 Å². The van der Waals surface area contributed by atoms with Crippen molar-refractivity contribution in [1.82, 2.24) is 4.98 Å². The SMILES string of the molecule is O=[N+]([O-])c1ccc(Cl)nc1Oc1c(Cl)cccc1[N+](=O)[O-]. The molecule has 1 aromatic carbocycles. The number of hydrogen-bond donors (Lipinski definition) is 0. The van der Waals surface area contributed by atoms with E-state index >= 15 is 0 Å². The molecule has 0 bridgehead atoms. The molecular weight excluding hydrogens is 325 g/mol. The van der Waals surface area contributed by atoms with E-state index in [9.17, 15) is 20.2 Å². The molecule has 1 aromatic heterocycles. The van der Waals surface area contributed by atoms with Crippen LogP contribution >= 0.6 is 23.2 Å². The standard InChI is InChI=1S/C11H5Cl2N3O5/c12-6-2-1-3-7(15(17)18)10(6)21-11-8(16(19)20)4-5-9(13)14-11/h1-5H. The third-order valence-corrected chi connectivity index (χ3v) is 2.85. The molecule has 0 spiro atoms. The van der Waals surface area contributed by atoms with Crippen LogP contribution < -0.4 is 4.74 Å². The summed E-state index contributed by atoms with van der Waals surface area (Å²) in [4.78, 5) is 24.0. The molecule has 0 aliphatic heterocycles. The fourth-order valence-corrected chi connectivity index (χ4v) is 1.81. The number of nitrogens with zero attached hydrogens (tertiary/aromatic N) is 3. The van der Waals surface area contributed by atoms with Crippen molar-refractivity contribution >= 4 is 34.6 Å². The van der Waals surface area contributed by atoms with Gasteiger partial charge < -0.3 is 4.74 Å². The fraction of sp³-hybridized carbons (Fsp3) is 0. The highest BCUT2D eigenvalue weighted by Crippen LogP contribution is 2.40. The molecule has 1 heterocycles. The molecule has 0 aliphatic rings. The lowest BCUT2D eigenvalue weighted by atomic mass is 10.3. The topological polar surface area (TPSA) is 108 Å². The van der Waals surface area contributed by atoms with Gasteiger partial charge in [0.25, 0.3) is 0 Å². The highest BCUT2D eigenvalue weighted by atomic mass is 35.5. The predicted octanol–water partition coefficient (Wildman–Crippen LogP) is 4.00. The number of para-hydroxylation sites is 1. The Morgan fingerprint density at radius 3 is 2.29 bits per heavy atom. The molecule has 0 saturated heterocycles. The lowest BCUT2D eigenvalue weighted by Crippen LogP contribution is -1.99. The van der Waals surface area contributed by atoms with E-state index in [0.717, 1.165) is 12.1 Å². The second-order valence-electron chi connectivity index (χ2n) is 3.66. The van der Waals surface area contributed by atoms with Crippen LogP contribution in [0.15, 0.2) is 30.3 Å². The van der Waals surface area contributed by atoms with Gasteiger partial charge in [0.1, 0.15) is 5.15 Å². The van der Waals surface area contributed by atoms with E-state index < -0.39 is 27.1 Å². The highest BCUT2D eigenvalue weighted by molar-refractivity contribution is 6.32. The summed E-state index contributed by atoms with van der Waals surface area (Å²) in [5.41, 5.74) is -0.938. The average molecular weight is 330 g/mol. The number of benzene rings is 1. The molecule has 2 aromatic rings. The number of hydrogen-bond acceptors (Lipinski definition) is 6. The van der Waals surface area contributed by atoms with E-state index in [2.05, 4.69) is 4.98 Å². The Morgan fingerprint density at radius 1 is 1.00 bits per heavy atom. The molecule has 0 amide bonds. The van der Waals surface area contributed by atoms with Gasteiger partial charge >= 0.3 is 17.3 Å². The van der Waals surface area contributed by atoms with Crippen LogP contribution in [0.2, 0.25) is 10.2 Å². The van der Waals surface area contributed by atoms with Crippen LogP contribution in [-0.4, -0.2) is 14.8 Å². The predicted molar refractivity (Wildman–Crippen MR) is 74.1 cm³/mol. The number of rotatable bonds is 4. The minimum Gasteiger partial charge on any atom is -0.425 e. The number of aromatic nitrogens is 1. The second kappa shape index (κ2) is 5.90. The zero-order chi connectivity index (χ0) is 15.6. The van der Waals surface area contributed by atoms with Crippen molar-refractivity contribution in [3.63, 3.8) is 0 Å². The Bertz CT molecular complexity index is 738. The number of halogens is 2. The van der Waals surface area contributed by atoms with E-state index in [1.165, 1.54) is 18.2 Å². The summed E-state index contributed by atoms with van der Waals surface area (Å²) < 4.78 is 5.16. The molecule has 0 atom stereocenters. The van der Waals surface area contributed by atoms with E-state index in [1.807, 2.05) is 0 Å². The molecule has 0 unspecified atom stereocenters. The maximum atomic E-state index is 10.9. The zero-order valence-electron chi connectivity index (χ0n) is 10.0. The quantitative estimate of drug-likeness (QED) is 0.476. The molecule has 21 heavy (non-hydrogen) atoms. The van der Waals surface area contributed by atoms with Crippen molar-refractivity contribution < 1.29 is 14.6 Å². The first kappa shape index (κ1) is 14.9. The minimum absolute atomic E-state index is 0.0645. The largest absolute Gasteiger partial charge is 0.425 e. The van der Waals surface area contributed by atoms with Gasteiger partial charge in [-0.3, -0.25) is 20.2 Å². The van der Waals surface area contributed by atoms with Crippen molar-refractivity contribution in [2.75, 3.05) is 0 Å². The third-order valence-electron chi connectivity index (χ3n) is 2.34. The number of nitro groups is 2. The smallest absolute Gasteiger partial charge is 0.331 e. The molecule has 8 nitrogen and oxygen atoms in total. The summed E-state index contributed by atoms with van der Waals surface area (Å²) >= 11 is 11.5. The lowest BCUT2D eigenvalue weighted by Gasteiger charge is -2.07. The Kier molecular flexibility index (Phi) is 4.20. The monoisotopic (exact) mass is 329 g/mol. The van der Waals surface area contributed by atoms with Crippen molar-refractivity contribution in [1.29, 1.82) is 0 Å². The van der Waals surface area contributed by atoms with Crippen molar-refractivity contribution in [3.8, 4) is 11.6 Å². The van der Waals surface area contributed by atoms with Gasteiger partial charge in [-0.1, -0.05) is 29.3 Å². The Hall–Kier alpha value is -2.45. The summed E-state index contributed by atoms with van der Waals surface area (Å²) in [5, 5.41) is 21.7. The first-order valence-corrected chi connectivity index (χ1v) is 6.07. The molecule has 2 rings (SSSR count). The summed E-state index contributed by atoms with van der Waals surface area (Å²) in [7, 11) is 0. The van der Waals surface area contributed by atoms with Crippen molar-refractivity contribution in [2.24, 2.45) is 0 Å². The van der Waals surface area contributed by atoms with Gasteiger partial charge in [0, 0.05) is 12.1 Å². The van der Waals surface area contributed by atoms with Crippen LogP contribution in [0.25, 0.3) is 0 Å². The van der Waals surface area contributed by atoms with Crippen LogP contribution in [0.1, 0.15) is 0 Å². The van der Waals surface area contributed by atoms with Crippen molar-refractivity contribution in [2.45, 2.75) is 0 Å². The second-order valence-corrected chi connectivity index (χ2v) is 4.46. The molecule has 0 aliphatic carbocycles. The van der Waals surface area contributed by atoms with Gasteiger partial charge in [0.2, 0.25) is 5.75 Å². The normalized spacial score (nSPS) is 10.2. The van der Waals surface area contributed by atoms with Gasteiger partial charge in [-0.05, 0) is 12.1 Å². The third kappa shape index (κ3) is 3.18. The van der Waals surface area contributed by atoms with Gasteiger partial charge in [0.05, 0.1) is 14.9 Å². The summed E-state index contributed by atoms with van der Waals surface area (Å²) in [6, 6.07) is 6.13. The first-order valence-electron chi connectivity index (χ1n) is 5.32. The molecule has 10 heteroatoms. The zero-order valence-corrected chi connectivity index (χ0v) is 11.5. The molecule has 0 N–H and O–H groups in total. The molecule has 0 fully saturated rings. The Balaban J connectivity index is 2.55. The van der Waals surface area contributed by atoms with E-state index in [0.29, 0.717) is 0 Å². The Labute approximate surface area is 127 Å². The molecule has 0 radical (unpaired) electrons. The Morgan fingerprint density at radius 2 is 1.67 bits per heavy atom. The van der Waals surface area contributed by atoms with E-state index in [-0.39, 0.29) is 15.9 Å². The number of pyridine rings is 1. The minimum atomic E-state index is -0.749. The van der Waals surface area contributed by atoms with Crippen LogP contribution in [0, 0.1) is 20.2 Å². The fourth-order valence-electron chi connectivity index (χ4n) is 1.46.